The second-order valence-corrected chi connectivity index (χ2v) is 5.11. The van der Waals surface area contributed by atoms with Crippen molar-refractivity contribution in [2.24, 2.45) is 0 Å². The Morgan fingerprint density at radius 3 is 2.61 bits per heavy atom. The average Bonchev–Trinajstić information content (AvgIpc) is 2.32. The van der Waals surface area contributed by atoms with Crippen LogP contribution in [0.25, 0.3) is 0 Å². The lowest BCUT2D eigenvalue weighted by Crippen LogP contribution is -2.05. The van der Waals surface area contributed by atoms with Crippen LogP contribution in [0.1, 0.15) is 15.9 Å². The second kappa shape index (κ2) is 5.63. The molecule has 0 bridgehead atoms. The molecular weight excluding hydrogens is 319 g/mol. The molecule has 0 heterocycles. The van der Waals surface area contributed by atoms with Crippen LogP contribution in [0.15, 0.2) is 46.9 Å². The van der Waals surface area contributed by atoms with Crippen molar-refractivity contribution < 1.29 is 9.18 Å². The number of carbonyl (C=O) groups excluding carboxylic acids is 1. The van der Waals surface area contributed by atoms with E-state index in [1.165, 1.54) is 6.07 Å². The highest BCUT2D eigenvalue weighted by Crippen LogP contribution is 2.23. The van der Waals surface area contributed by atoms with E-state index >= 15 is 0 Å². The summed E-state index contributed by atoms with van der Waals surface area (Å²) in [7, 11) is 0. The highest BCUT2D eigenvalue weighted by molar-refractivity contribution is 9.10. The lowest BCUT2D eigenvalue weighted by Gasteiger charge is -2.05. The SMILES string of the molecule is O=C(Cc1ccccc1F)c1ccc(Cl)cc1Br. The van der Waals surface area contributed by atoms with E-state index in [1.54, 1.807) is 36.4 Å². The van der Waals surface area contributed by atoms with Gasteiger partial charge in [-0.2, -0.15) is 0 Å². The molecule has 92 valence electrons. The number of halogens is 3. The van der Waals surface area contributed by atoms with E-state index in [0.29, 0.717) is 20.6 Å². The lowest BCUT2D eigenvalue weighted by molar-refractivity contribution is 0.0991. The molecule has 0 saturated heterocycles. The van der Waals surface area contributed by atoms with E-state index in [1.807, 2.05) is 0 Å². The zero-order valence-electron chi connectivity index (χ0n) is 9.29. The largest absolute Gasteiger partial charge is 0.294 e. The standard InChI is InChI=1S/C14H9BrClFO/c15-12-8-10(16)5-6-11(12)14(18)7-9-3-1-2-4-13(9)17/h1-6,8H,7H2. The molecule has 0 spiro atoms. The summed E-state index contributed by atoms with van der Waals surface area (Å²) in [5.74, 6) is -0.514. The fourth-order valence-corrected chi connectivity index (χ4v) is 2.53. The molecule has 0 aliphatic carbocycles. The normalized spacial score (nSPS) is 10.4. The summed E-state index contributed by atoms with van der Waals surface area (Å²) in [4.78, 5) is 12.1. The van der Waals surface area contributed by atoms with Gasteiger partial charge in [0.1, 0.15) is 5.82 Å². The number of hydrogen-bond donors (Lipinski definition) is 0. The quantitative estimate of drug-likeness (QED) is 0.749. The van der Waals surface area contributed by atoms with Crippen molar-refractivity contribution in [1.29, 1.82) is 0 Å². The molecule has 0 radical (unpaired) electrons. The van der Waals surface area contributed by atoms with Crippen LogP contribution in [0.5, 0.6) is 0 Å². The Kier molecular flexibility index (Phi) is 4.15. The fourth-order valence-electron chi connectivity index (χ4n) is 1.63. The topological polar surface area (TPSA) is 17.1 Å². The van der Waals surface area contributed by atoms with Crippen LogP contribution >= 0.6 is 27.5 Å². The maximum atomic E-state index is 13.4. The van der Waals surface area contributed by atoms with Crippen molar-refractivity contribution in [2.75, 3.05) is 0 Å². The molecule has 0 atom stereocenters. The number of Topliss-reactive ketones (excluding diaryl/α,β-unsaturated/α-hetero) is 1. The molecule has 1 nitrogen and oxygen atoms in total. The maximum absolute atomic E-state index is 13.4. The zero-order valence-corrected chi connectivity index (χ0v) is 11.6. The molecule has 18 heavy (non-hydrogen) atoms. The first kappa shape index (κ1) is 13.2. The highest BCUT2D eigenvalue weighted by Gasteiger charge is 2.13. The molecule has 0 unspecified atom stereocenters. The molecular formula is C14H9BrClFO. The first-order valence-electron chi connectivity index (χ1n) is 5.29. The highest BCUT2D eigenvalue weighted by atomic mass is 79.9. The molecule has 2 rings (SSSR count). The predicted molar refractivity (Wildman–Crippen MR) is 73.6 cm³/mol. The molecule has 0 amide bonds. The van der Waals surface area contributed by atoms with E-state index in [-0.39, 0.29) is 18.0 Å². The van der Waals surface area contributed by atoms with Gasteiger partial charge in [0.15, 0.2) is 5.78 Å². The molecule has 2 aromatic rings. The zero-order chi connectivity index (χ0) is 13.1. The third kappa shape index (κ3) is 2.98. The predicted octanol–water partition coefficient (Wildman–Crippen LogP) is 4.67. The molecule has 0 fully saturated rings. The van der Waals surface area contributed by atoms with Gasteiger partial charge in [-0.1, -0.05) is 29.8 Å². The minimum Gasteiger partial charge on any atom is -0.294 e. The molecule has 0 aliphatic heterocycles. The van der Waals surface area contributed by atoms with Crippen molar-refractivity contribution in [1.82, 2.24) is 0 Å². The van der Waals surface area contributed by atoms with E-state index in [4.69, 9.17) is 11.6 Å². The second-order valence-electron chi connectivity index (χ2n) is 3.82. The van der Waals surface area contributed by atoms with Crippen LogP contribution < -0.4 is 0 Å². The van der Waals surface area contributed by atoms with Crippen LogP contribution in [0.4, 0.5) is 4.39 Å². The van der Waals surface area contributed by atoms with Crippen LogP contribution in [-0.2, 0) is 6.42 Å². The van der Waals surface area contributed by atoms with Crippen molar-refractivity contribution in [3.63, 3.8) is 0 Å². The first-order chi connectivity index (χ1) is 8.58. The van der Waals surface area contributed by atoms with Gasteiger partial charge in [-0.3, -0.25) is 4.79 Å². The minimum atomic E-state index is -0.365. The van der Waals surface area contributed by atoms with Crippen molar-refractivity contribution in [3.8, 4) is 0 Å². The Morgan fingerprint density at radius 1 is 1.22 bits per heavy atom. The average molecular weight is 328 g/mol. The van der Waals surface area contributed by atoms with Gasteiger partial charge in [0, 0.05) is 21.5 Å². The molecule has 0 aromatic heterocycles. The Balaban J connectivity index is 2.25. The molecule has 0 N–H and O–H groups in total. The van der Waals surface area contributed by atoms with Gasteiger partial charge in [0.25, 0.3) is 0 Å². The van der Waals surface area contributed by atoms with Gasteiger partial charge >= 0.3 is 0 Å². The Bertz CT molecular complexity index is 598. The van der Waals surface area contributed by atoms with Gasteiger partial charge in [-0.25, -0.2) is 4.39 Å². The van der Waals surface area contributed by atoms with Gasteiger partial charge < -0.3 is 0 Å². The number of benzene rings is 2. The number of ketones is 1. The van der Waals surface area contributed by atoms with Crippen LogP contribution in [0.2, 0.25) is 5.02 Å². The maximum Gasteiger partial charge on any atom is 0.168 e. The summed E-state index contributed by atoms with van der Waals surface area (Å²) in [6, 6.07) is 11.2. The summed E-state index contributed by atoms with van der Waals surface area (Å²) < 4.78 is 14.1. The van der Waals surface area contributed by atoms with Crippen molar-refractivity contribution in [2.45, 2.75) is 6.42 Å². The lowest BCUT2D eigenvalue weighted by atomic mass is 10.0. The first-order valence-corrected chi connectivity index (χ1v) is 6.46. The molecule has 0 aliphatic rings. The summed E-state index contributed by atoms with van der Waals surface area (Å²) in [5.41, 5.74) is 0.895. The van der Waals surface area contributed by atoms with E-state index < -0.39 is 0 Å². The summed E-state index contributed by atoms with van der Waals surface area (Å²) >= 11 is 9.09. The monoisotopic (exact) mass is 326 g/mol. The van der Waals surface area contributed by atoms with Crippen molar-refractivity contribution in [3.05, 3.63) is 68.9 Å². The van der Waals surface area contributed by atoms with Crippen LogP contribution in [0, 0.1) is 5.82 Å². The van der Waals surface area contributed by atoms with Crippen LogP contribution in [0.3, 0.4) is 0 Å². The van der Waals surface area contributed by atoms with Gasteiger partial charge in [0.2, 0.25) is 0 Å². The van der Waals surface area contributed by atoms with Gasteiger partial charge in [-0.15, -0.1) is 0 Å². The summed E-state index contributed by atoms with van der Waals surface area (Å²) in [5, 5.41) is 0.546. The molecule has 0 saturated carbocycles. The third-order valence-electron chi connectivity index (χ3n) is 2.54. The minimum absolute atomic E-state index is 0.0346. The van der Waals surface area contributed by atoms with Gasteiger partial charge in [0.05, 0.1) is 0 Å². The molecule has 4 heteroatoms. The van der Waals surface area contributed by atoms with Crippen molar-refractivity contribution >= 4 is 33.3 Å². The Labute approximate surface area is 118 Å². The van der Waals surface area contributed by atoms with Gasteiger partial charge in [-0.05, 0) is 45.8 Å². The fraction of sp³-hybridized carbons (Fsp3) is 0.0714. The van der Waals surface area contributed by atoms with Crippen LogP contribution in [-0.4, -0.2) is 5.78 Å². The number of hydrogen-bond acceptors (Lipinski definition) is 1. The Morgan fingerprint density at radius 2 is 1.94 bits per heavy atom. The van der Waals surface area contributed by atoms with E-state index in [0.717, 1.165) is 0 Å². The molecule has 2 aromatic carbocycles. The third-order valence-corrected chi connectivity index (χ3v) is 3.43. The number of rotatable bonds is 3. The Hall–Kier alpha value is -1.19. The van der Waals surface area contributed by atoms with E-state index in [9.17, 15) is 9.18 Å². The smallest absolute Gasteiger partial charge is 0.168 e. The number of carbonyl (C=O) groups is 1. The summed E-state index contributed by atoms with van der Waals surface area (Å²) in [6.45, 7) is 0. The summed E-state index contributed by atoms with van der Waals surface area (Å²) in [6.07, 6.45) is 0.0346. The van der Waals surface area contributed by atoms with E-state index in [2.05, 4.69) is 15.9 Å².